The highest BCUT2D eigenvalue weighted by molar-refractivity contribution is 7.17. The smallest absolute Gasteiger partial charge is 0.0809 e. The van der Waals surface area contributed by atoms with Crippen LogP contribution in [0.5, 0.6) is 0 Å². The van der Waals surface area contributed by atoms with Gasteiger partial charge in [0.15, 0.2) is 0 Å². The molecule has 16 heavy (non-hydrogen) atoms. The van der Waals surface area contributed by atoms with Gasteiger partial charge in [-0.15, -0.1) is 23.7 Å². The number of fused-ring (bicyclic) bond motifs is 1. The predicted octanol–water partition coefficient (Wildman–Crippen LogP) is 3.10. The fourth-order valence-corrected chi connectivity index (χ4v) is 2.44. The van der Waals surface area contributed by atoms with Crippen LogP contribution in [0.15, 0.2) is 23.7 Å². The van der Waals surface area contributed by atoms with E-state index in [-0.39, 0.29) is 6.04 Å². The molecule has 0 aliphatic carbocycles. The largest absolute Gasteiger partial charge is 0.324 e. The van der Waals surface area contributed by atoms with Crippen LogP contribution in [0.4, 0.5) is 0 Å². The molecule has 2 rings (SSSR count). The van der Waals surface area contributed by atoms with Gasteiger partial charge in [-0.3, -0.25) is 4.98 Å². The van der Waals surface area contributed by atoms with Crippen LogP contribution in [-0.2, 0) is 0 Å². The Bertz CT molecular complexity index is 510. The molecular weight excluding hydrogens is 216 g/mol. The van der Waals surface area contributed by atoms with E-state index in [1.165, 1.54) is 4.70 Å². The minimum atomic E-state index is 0.0485. The lowest BCUT2D eigenvalue weighted by Gasteiger charge is -2.10. The lowest BCUT2D eigenvalue weighted by atomic mass is 10.0. The standard InChI is InChI=1S/C13H14N2S/c1-2-3-4-5-11(14)10-8-13-12(15-9-10)6-7-16-13/h1,6-9,11H,3-5,14H2. The van der Waals surface area contributed by atoms with Crippen molar-refractivity contribution in [3.8, 4) is 12.3 Å². The number of nitrogens with two attached hydrogens (primary N) is 1. The molecule has 2 aromatic rings. The van der Waals surface area contributed by atoms with Crippen molar-refractivity contribution in [2.45, 2.75) is 25.3 Å². The first kappa shape index (κ1) is 11.1. The zero-order chi connectivity index (χ0) is 11.4. The summed E-state index contributed by atoms with van der Waals surface area (Å²) in [6.45, 7) is 0. The van der Waals surface area contributed by atoms with E-state index < -0.39 is 0 Å². The number of aromatic nitrogens is 1. The Hall–Kier alpha value is -1.37. The molecule has 0 saturated carbocycles. The fraction of sp³-hybridized carbons (Fsp3) is 0.308. The van der Waals surface area contributed by atoms with Gasteiger partial charge in [-0.1, -0.05) is 0 Å². The van der Waals surface area contributed by atoms with E-state index in [1.54, 1.807) is 11.3 Å². The summed E-state index contributed by atoms with van der Waals surface area (Å²) in [5.74, 6) is 2.63. The van der Waals surface area contributed by atoms with Crippen LogP contribution >= 0.6 is 11.3 Å². The molecule has 82 valence electrons. The number of unbranched alkanes of at least 4 members (excludes halogenated alkanes) is 1. The molecule has 0 aliphatic rings. The van der Waals surface area contributed by atoms with Gasteiger partial charge >= 0.3 is 0 Å². The number of hydrogen-bond donors (Lipinski definition) is 1. The number of hydrogen-bond acceptors (Lipinski definition) is 3. The Kier molecular flexibility index (Phi) is 3.55. The van der Waals surface area contributed by atoms with Crippen LogP contribution in [0.1, 0.15) is 30.9 Å². The van der Waals surface area contributed by atoms with Crippen molar-refractivity contribution in [2.75, 3.05) is 0 Å². The molecule has 2 nitrogen and oxygen atoms in total. The van der Waals surface area contributed by atoms with Gasteiger partial charge in [0.05, 0.1) is 10.2 Å². The molecule has 2 heterocycles. The first-order valence-corrected chi connectivity index (χ1v) is 6.21. The molecule has 0 aliphatic heterocycles. The molecule has 0 aromatic carbocycles. The molecule has 0 spiro atoms. The topological polar surface area (TPSA) is 38.9 Å². The number of rotatable bonds is 4. The Morgan fingerprint density at radius 1 is 1.56 bits per heavy atom. The second-order valence-corrected chi connectivity index (χ2v) is 4.72. The van der Waals surface area contributed by atoms with Gasteiger partial charge in [0.25, 0.3) is 0 Å². The van der Waals surface area contributed by atoms with Crippen molar-refractivity contribution < 1.29 is 0 Å². The molecule has 0 radical (unpaired) electrons. The third-order valence-electron chi connectivity index (χ3n) is 2.59. The first-order valence-electron chi connectivity index (χ1n) is 5.33. The fourth-order valence-electron chi connectivity index (χ4n) is 1.66. The van der Waals surface area contributed by atoms with Gasteiger partial charge in [0.1, 0.15) is 0 Å². The van der Waals surface area contributed by atoms with Crippen molar-refractivity contribution in [1.82, 2.24) is 4.98 Å². The third-order valence-corrected chi connectivity index (χ3v) is 3.44. The van der Waals surface area contributed by atoms with Gasteiger partial charge in [0, 0.05) is 18.7 Å². The van der Waals surface area contributed by atoms with Crippen LogP contribution in [0.2, 0.25) is 0 Å². The summed E-state index contributed by atoms with van der Waals surface area (Å²) < 4.78 is 1.20. The van der Waals surface area contributed by atoms with E-state index in [0.717, 1.165) is 30.3 Å². The highest BCUT2D eigenvalue weighted by Crippen LogP contribution is 2.23. The van der Waals surface area contributed by atoms with E-state index >= 15 is 0 Å². The average molecular weight is 230 g/mol. The van der Waals surface area contributed by atoms with Crippen molar-refractivity contribution in [3.05, 3.63) is 29.3 Å². The Balaban J connectivity index is 2.10. The molecular formula is C13H14N2S. The van der Waals surface area contributed by atoms with E-state index in [9.17, 15) is 0 Å². The molecule has 2 N–H and O–H groups in total. The molecule has 2 aromatic heterocycles. The molecule has 0 amide bonds. The van der Waals surface area contributed by atoms with Crippen LogP contribution in [0, 0.1) is 12.3 Å². The van der Waals surface area contributed by atoms with E-state index in [4.69, 9.17) is 12.2 Å². The third kappa shape index (κ3) is 2.41. The number of nitrogens with zero attached hydrogens (tertiary/aromatic N) is 1. The summed E-state index contributed by atoms with van der Waals surface area (Å²) in [7, 11) is 0. The Morgan fingerprint density at radius 2 is 2.44 bits per heavy atom. The van der Waals surface area contributed by atoms with Crippen LogP contribution in [-0.4, -0.2) is 4.98 Å². The summed E-state index contributed by atoms with van der Waals surface area (Å²) in [5.41, 5.74) is 8.24. The van der Waals surface area contributed by atoms with Crippen molar-refractivity contribution >= 4 is 21.6 Å². The number of pyridine rings is 1. The maximum atomic E-state index is 6.09. The van der Waals surface area contributed by atoms with Gasteiger partial charge < -0.3 is 5.73 Å². The van der Waals surface area contributed by atoms with Gasteiger partial charge in [-0.25, -0.2) is 0 Å². The van der Waals surface area contributed by atoms with E-state index in [1.807, 2.05) is 17.6 Å². The Labute approximate surface area is 99.5 Å². The summed E-state index contributed by atoms with van der Waals surface area (Å²) in [5, 5.41) is 2.05. The van der Waals surface area contributed by atoms with Crippen LogP contribution < -0.4 is 5.73 Å². The lowest BCUT2D eigenvalue weighted by molar-refractivity contribution is 0.620. The Morgan fingerprint density at radius 3 is 3.25 bits per heavy atom. The minimum Gasteiger partial charge on any atom is -0.324 e. The average Bonchev–Trinajstić information content (AvgIpc) is 2.76. The highest BCUT2D eigenvalue weighted by Gasteiger charge is 2.07. The monoisotopic (exact) mass is 230 g/mol. The van der Waals surface area contributed by atoms with E-state index in [2.05, 4.69) is 17.0 Å². The lowest BCUT2D eigenvalue weighted by Crippen LogP contribution is -2.10. The molecule has 1 atom stereocenters. The van der Waals surface area contributed by atoms with Gasteiger partial charge in [-0.2, -0.15) is 0 Å². The maximum absolute atomic E-state index is 6.09. The predicted molar refractivity (Wildman–Crippen MR) is 69.2 cm³/mol. The normalized spacial score (nSPS) is 12.5. The molecule has 0 bridgehead atoms. The second-order valence-electron chi connectivity index (χ2n) is 3.78. The second kappa shape index (κ2) is 5.11. The van der Waals surface area contributed by atoms with Gasteiger partial charge in [0.2, 0.25) is 0 Å². The number of terminal acetylenes is 1. The summed E-state index contributed by atoms with van der Waals surface area (Å²) >= 11 is 1.70. The molecule has 1 unspecified atom stereocenters. The first-order chi connectivity index (χ1) is 7.81. The van der Waals surface area contributed by atoms with Crippen molar-refractivity contribution in [3.63, 3.8) is 0 Å². The van der Waals surface area contributed by atoms with E-state index in [0.29, 0.717) is 0 Å². The summed E-state index contributed by atoms with van der Waals surface area (Å²) in [6, 6.07) is 4.20. The molecule has 0 fully saturated rings. The van der Waals surface area contributed by atoms with Gasteiger partial charge in [-0.05, 0) is 35.9 Å². The summed E-state index contributed by atoms with van der Waals surface area (Å²) in [6.07, 6.45) is 9.77. The van der Waals surface area contributed by atoms with Crippen LogP contribution in [0.3, 0.4) is 0 Å². The van der Waals surface area contributed by atoms with Crippen molar-refractivity contribution in [2.24, 2.45) is 5.73 Å². The quantitative estimate of drug-likeness (QED) is 0.647. The SMILES string of the molecule is C#CCCCC(N)c1cnc2ccsc2c1. The number of thiophene rings is 1. The molecule has 0 saturated heterocycles. The zero-order valence-corrected chi connectivity index (χ0v) is 9.83. The molecule has 3 heteroatoms. The minimum absolute atomic E-state index is 0.0485. The highest BCUT2D eigenvalue weighted by atomic mass is 32.1. The van der Waals surface area contributed by atoms with Crippen molar-refractivity contribution in [1.29, 1.82) is 0 Å². The maximum Gasteiger partial charge on any atom is 0.0809 e. The zero-order valence-electron chi connectivity index (χ0n) is 9.02. The summed E-state index contributed by atoms with van der Waals surface area (Å²) in [4.78, 5) is 4.38. The van der Waals surface area contributed by atoms with Crippen LogP contribution in [0.25, 0.3) is 10.2 Å².